The molecule has 15 heavy (non-hydrogen) atoms. The van der Waals surface area contributed by atoms with E-state index in [-0.39, 0.29) is 10.7 Å². The predicted octanol–water partition coefficient (Wildman–Crippen LogP) is 2.09. The lowest BCUT2D eigenvalue weighted by Crippen LogP contribution is -2.40. The van der Waals surface area contributed by atoms with Crippen molar-refractivity contribution in [3.63, 3.8) is 0 Å². The van der Waals surface area contributed by atoms with E-state index < -0.39 is 0 Å². The van der Waals surface area contributed by atoms with Crippen molar-refractivity contribution in [1.29, 1.82) is 0 Å². The lowest BCUT2D eigenvalue weighted by Gasteiger charge is -2.21. The molecule has 0 saturated carbocycles. The average molecular weight is 228 g/mol. The van der Waals surface area contributed by atoms with E-state index in [1.807, 2.05) is 6.92 Å². The van der Waals surface area contributed by atoms with Crippen molar-refractivity contribution < 1.29 is 4.79 Å². The van der Waals surface area contributed by atoms with Crippen molar-refractivity contribution in [2.24, 2.45) is 5.11 Å². The molecule has 6 heteroatoms. The first-order chi connectivity index (χ1) is 7.19. The third-order valence-electron chi connectivity index (χ3n) is 2.48. The standard InChI is InChI=1S/C9H16N4OS/c1-9(4-2-7-15-9)8(14)11-5-3-6-12-13-10/h2-7H2,1H3,(H,11,14). The maximum absolute atomic E-state index is 11.8. The van der Waals surface area contributed by atoms with Gasteiger partial charge in [-0.1, -0.05) is 5.11 Å². The molecule has 0 aliphatic carbocycles. The number of hydrogen-bond acceptors (Lipinski definition) is 3. The van der Waals surface area contributed by atoms with Crippen LogP contribution in [0.3, 0.4) is 0 Å². The lowest BCUT2D eigenvalue weighted by atomic mass is 10.1. The van der Waals surface area contributed by atoms with Gasteiger partial charge in [0.25, 0.3) is 0 Å². The van der Waals surface area contributed by atoms with Crippen LogP contribution >= 0.6 is 11.8 Å². The molecule has 1 unspecified atom stereocenters. The summed E-state index contributed by atoms with van der Waals surface area (Å²) >= 11 is 1.73. The summed E-state index contributed by atoms with van der Waals surface area (Å²) in [5.74, 6) is 1.19. The Bertz CT molecular complexity index is 269. The lowest BCUT2D eigenvalue weighted by molar-refractivity contribution is -0.123. The van der Waals surface area contributed by atoms with E-state index >= 15 is 0 Å². The first-order valence-corrected chi connectivity index (χ1v) is 6.11. The van der Waals surface area contributed by atoms with Crippen molar-refractivity contribution in [1.82, 2.24) is 5.32 Å². The quantitative estimate of drug-likeness (QED) is 0.338. The summed E-state index contributed by atoms with van der Waals surface area (Å²) in [7, 11) is 0. The number of amides is 1. The summed E-state index contributed by atoms with van der Waals surface area (Å²) < 4.78 is -0.238. The van der Waals surface area contributed by atoms with Gasteiger partial charge in [-0.05, 0) is 37.5 Å². The molecule has 1 aliphatic heterocycles. The van der Waals surface area contributed by atoms with Crippen molar-refractivity contribution >= 4 is 17.7 Å². The fraction of sp³-hybridized carbons (Fsp3) is 0.889. The smallest absolute Gasteiger partial charge is 0.235 e. The molecule has 1 fully saturated rings. The van der Waals surface area contributed by atoms with E-state index in [0.29, 0.717) is 19.5 Å². The normalized spacial score (nSPS) is 24.6. The van der Waals surface area contributed by atoms with Crippen LogP contribution in [0.25, 0.3) is 10.4 Å². The molecule has 1 amide bonds. The van der Waals surface area contributed by atoms with Crippen molar-refractivity contribution in [3.05, 3.63) is 10.4 Å². The third-order valence-corrected chi connectivity index (χ3v) is 4.00. The molecule has 0 aromatic heterocycles. The number of rotatable bonds is 5. The molecule has 1 rings (SSSR count). The molecule has 0 radical (unpaired) electrons. The van der Waals surface area contributed by atoms with Gasteiger partial charge in [0.05, 0.1) is 4.75 Å². The van der Waals surface area contributed by atoms with Gasteiger partial charge in [-0.3, -0.25) is 4.79 Å². The molecular weight excluding hydrogens is 212 g/mol. The summed E-state index contributed by atoms with van der Waals surface area (Å²) in [6, 6.07) is 0. The maximum Gasteiger partial charge on any atom is 0.235 e. The van der Waals surface area contributed by atoms with Gasteiger partial charge in [0.1, 0.15) is 0 Å². The zero-order valence-corrected chi connectivity index (χ0v) is 9.72. The molecule has 1 atom stereocenters. The van der Waals surface area contributed by atoms with Gasteiger partial charge in [0.2, 0.25) is 5.91 Å². The van der Waals surface area contributed by atoms with Gasteiger partial charge in [-0.15, -0.1) is 11.8 Å². The number of hydrogen-bond donors (Lipinski definition) is 1. The molecule has 0 spiro atoms. The second-order valence-electron chi connectivity index (χ2n) is 3.75. The number of nitrogens with one attached hydrogen (secondary N) is 1. The monoisotopic (exact) mass is 228 g/mol. The van der Waals surface area contributed by atoms with Gasteiger partial charge < -0.3 is 5.32 Å². The van der Waals surface area contributed by atoms with Crippen LogP contribution in [-0.2, 0) is 4.79 Å². The van der Waals surface area contributed by atoms with E-state index in [4.69, 9.17) is 5.53 Å². The van der Waals surface area contributed by atoms with E-state index in [9.17, 15) is 4.79 Å². The maximum atomic E-state index is 11.8. The number of thioether (sulfide) groups is 1. The van der Waals surface area contributed by atoms with Gasteiger partial charge in [0, 0.05) is 18.0 Å². The molecule has 1 heterocycles. The van der Waals surface area contributed by atoms with E-state index in [2.05, 4.69) is 15.3 Å². The van der Waals surface area contributed by atoms with E-state index in [0.717, 1.165) is 18.6 Å². The number of carbonyl (C=O) groups excluding carboxylic acids is 1. The zero-order valence-electron chi connectivity index (χ0n) is 8.90. The zero-order chi connectivity index (χ0) is 11.1. The highest BCUT2D eigenvalue weighted by molar-refractivity contribution is 8.01. The summed E-state index contributed by atoms with van der Waals surface area (Å²) in [5.41, 5.74) is 8.06. The van der Waals surface area contributed by atoms with Crippen LogP contribution in [-0.4, -0.2) is 29.5 Å². The summed E-state index contributed by atoms with van der Waals surface area (Å²) in [4.78, 5) is 14.4. The molecular formula is C9H16N4OS. The second-order valence-corrected chi connectivity index (χ2v) is 5.34. The Morgan fingerprint density at radius 1 is 1.73 bits per heavy atom. The molecule has 5 nitrogen and oxygen atoms in total. The minimum Gasteiger partial charge on any atom is -0.355 e. The summed E-state index contributed by atoms with van der Waals surface area (Å²) in [6.07, 6.45) is 2.78. The number of carbonyl (C=O) groups is 1. The van der Waals surface area contributed by atoms with E-state index in [1.54, 1.807) is 11.8 Å². The van der Waals surface area contributed by atoms with Gasteiger partial charge >= 0.3 is 0 Å². The fourth-order valence-electron chi connectivity index (χ4n) is 1.54. The first-order valence-electron chi connectivity index (χ1n) is 5.12. The minimum absolute atomic E-state index is 0.117. The minimum atomic E-state index is -0.238. The van der Waals surface area contributed by atoms with Crippen LogP contribution in [0.15, 0.2) is 5.11 Å². The summed E-state index contributed by atoms with van der Waals surface area (Å²) in [6.45, 7) is 3.03. The van der Waals surface area contributed by atoms with Gasteiger partial charge in [-0.2, -0.15) is 0 Å². The van der Waals surface area contributed by atoms with Crippen LogP contribution in [0, 0.1) is 0 Å². The Labute approximate surface area is 93.6 Å². The third kappa shape index (κ3) is 3.64. The van der Waals surface area contributed by atoms with E-state index in [1.165, 1.54) is 0 Å². The Morgan fingerprint density at radius 3 is 3.13 bits per heavy atom. The largest absolute Gasteiger partial charge is 0.355 e. The van der Waals surface area contributed by atoms with Crippen LogP contribution in [0.1, 0.15) is 26.2 Å². The molecule has 1 saturated heterocycles. The average Bonchev–Trinajstić information content (AvgIpc) is 2.66. The number of azide groups is 1. The molecule has 0 bridgehead atoms. The highest BCUT2D eigenvalue weighted by atomic mass is 32.2. The summed E-state index contributed by atoms with van der Waals surface area (Å²) in [5, 5.41) is 6.29. The predicted molar refractivity (Wildman–Crippen MR) is 61.7 cm³/mol. The number of nitrogens with zero attached hydrogens (tertiary/aromatic N) is 3. The van der Waals surface area contributed by atoms with Crippen molar-refractivity contribution in [2.75, 3.05) is 18.8 Å². The Kier molecular flexibility index (Phi) is 4.78. The van der Waals surface area contributed by atoms with Crippen LogP contribution < -0.4 is 5.32 Å². The van der Waals surface area contributed by atoms with Gasteiger partial charge in [-0.25, -0.2) is 0 Å². The SMILES string of the molecule is CC1(C(=O)NCCCN=[N+]=[N-])CCCS1. The molecule has 84 valence electrons. The molecule has 1 aliphatic rings. The van der Waals surface area contributed by atoms with Crippen LogP contribution in [0.2, 0.25) is 0 Å². The Morgan fingerprint density at radius 2 is 2.53 bits per heavy atom. The highest BCUT2D eigenvalue weighted by Crippen LogP contribution is 2.37. The first kappa shape index (κ1) is 12.2. The topological polar surface area (TPSA) is 77.9 Å². The fourth-order valence-corrected chi connectivity index (χ4v) is 2.77. The molecule has 1 N–H and O–H groups in total. The highest BCUT2D eigenvalue weighted by Gasteiger charge is 2.36. The van der Waals surface area contributed by atoms with Crippen molar-refractivity contribution in [2.45, 2.75) is 30.9 Å². The van der Waals surface area contributed by atoms with Crippen LogP contribution in [0.4, 0.5) is 0 Å². The Balaban J connectivity index is 2.20. The molecule has 0 aromatic rings. The molecule has 0 aromatic carbocycles. The van der Waals surface area contributed by atoms with Gasteiger partial charge in [0.15, 0.2) is 0 Å². The van der Waals surface area contributed by atoms with Crippen LogP contribution in [0.5, 0.6) is 0 Å². The van der Waals surface area contributed by atoms with Crippen molar-refractivity contribution in [3.8, 4) is 0 Å². The Hall–Kier alpha value is -0.870. The second kappa shape index (κ2) is 5.88.